The van der Waals surface area contributed by atoms with Gasteiger partial charge in [0.05, 0.1) is 29.8 Å². The molecular formula is C54H81N17O9. The molecule has 2 aromatic carbocycles. The Morgan fingerprint density at radius 1 is 0.775 bits per heavy atom. The number of phenolic OH excluding ortho intramolecular Hbond substituents is 1. The summed E-state index contributed by atoms with van der Waals surface area (Å²) >= 11 is 0. The first kappa shape index (κ1) is 62.8. The van der Waals surface area contributed by atoms with E-state index >= 15 is 0 Å². The number of nitrogens with zero attached hydrogens (tertiary/aromatic N) is 6. The Kier molecular flexibility index (Phi) is 24.3. The number of benzene rings is 2. The van der Waals surface area contributed by atoms with Crippen molar-refractivity contribution in [3.63, 3.8) is 0 Å². The number of carbonyl (C=O) groups is 7. The van der Waals surface area contributed by atoms with Crippen molar-refractivity contribution in [1.29, 1.82) is 5.41 Å². The number of aromatic hydroxyl groups is 1. The summed E-state index contributed by atoms with van der Waals surface area (Å²) in [5, 5.41) is 36.8. The molecule has 0 aliphatic carbocycles. The Morgan fingerprint density at radius 3 is 2.02 bits per heavy atom. The summed E-state index contributed by atoms with van der Waals surface area (Å²) in [6, 6.07) is 4.78. The van der Waals surface area contributed by atoms with Gasteiger partial charge in [0, 0.05) is 64.5 Å². The number of guanidine groups is 1. The molecule has 0 bridgehead atoms. The van der Waals surface area contributed by atoms with Crippen LogP contribution in [0.25, 0.3) is 10.9 Å². The van der Waals surface area contributed by atoms with Gasteiger partial charge in [-0.15, -0.1) is 0 Å². The van der Waals surface area contributed by atoms with Crippen molar-refractivity contribution in [2.45, 2.75) is 128 Å². The normalized spacial score (nSPS) is 15.8. The van der Waals surface area contributed by atoms with Crippen LogP contribution in [0.5, 0.6) is 5.75 Å². The fourth-order valence-electron chi connectivity index (χ4n) is 9.20. The zero-order valence-corrected chi connectivity index (χ0v) is 46.5. The van der Waals surface area contributed by atoms with Crippen LogP contribution in [0.4, 0.5) is 5.69 Å². The quantitative estimate of drug-likeness (QED) is 0.0213. The zero-order chi connectivity index (χ0) is 58.5. The Balaban J connectivity index is 1.32. The van der Waals surface area contributed by atoms with Crippen molar-refractivity contribution >= 4 is 76.0 Å². The van der Waals surface area contributed by atoms with E-state index in [1.807, 2.05) is 38.7 Å². The van der Waals surface area contributed by atoms with E-state index in [-0.39, 0.29) is 85.4 Å². The Morgan fingerprint density at radius 2 is 1.41 bits per heavy atom. The molecular weight excluding hydrogens is 1030 g/mol. The molecule has 7 amide bonds. The molecule has 26 heteroatoms. The number of hydrogen-bond donors (Lipinski definition) is 12. The second kappa shape index (κ2) is 31.0. The van der Waals surface area contributed by atoms with Gasteiger partial charge in [-0.25, -0.2) is 9.98 Å². The van der Waals surface area contributed by atoms with Crippen LogP contribution in [0.15, 0.2) is 63.6 Å². The number of hydrogen-bond acceptors (Lipinski definition) is 16. The van der Waals surface area contributed by atoms with Gasteiger partial charge >= 0.3 is 0 Å². The molecule has 15 N–H and O–H groups in total. The maximum atomic E-state index is 14.4. The first-order chi connectivity index (χ1) is 38.2. The Bertz CT molecular complexity index is 2760. The van der Waals surface area contributed by atoms with E-state index in [0.29, 0.717) is 81.6 Å². The van der Waals surface area contributed by atoms with E-state index in [1.165, 1.54) is 31.7 Å². The molecule has 2 aliphatic rings. The van der Waals surface area contributed by atoms with Crippen molar-refractivity contribution in [2.75, 3.05) is 57.8 Å². The second-order valence-corrected chi connectivity index (χ2v) is 20.6. The summed E-state index contributed by atoms with van der Waals surface area (Å²) in [7, 11) is 1.45. The average Bonchev–Trinajstić information content (AvgIpc) is 3.98. The largest absolute Gasteiger partial charge is 0.508 e. The summed E-state index contributed by atoms with van der Waals surface area (Å²) in [6.45, 7) is 9.46. The molecule has 2 aliphatic heterocycles. The number of nitrogens with one attached hydrogen (secondary N) is 8. The molecule has 0 unspecified atom stereocenters. The second-order valence-electron chi connectivity index (χ2n) is 20.6. The highest BCUT2D eigenvalue weighted by Crippen LogP contribution is 2.22. The van der Waals surface area contributed by atoms with Gasteiger partial charge in [-0.3, -0.25) is 53.3 Å². The van der Waals surface area contributed by atoms with Crippen LogP contribution < -0.4 is 64.9 Å². The third-order valence-corrected chi connectivity index (χ3v) is 14.0. The maximum Gasteiger partial charge on any atom is 0.261 e. The van der Waals surface area contributed by atoms with Crippen molar-refractivity contribution in [3.8, 4) is 5.75 Å². The van der Waals surface area contributed by atoms with Crippen molar-refractivity contribution in [2.24, 2.45) is 39.0 Å². The van der Waals surface area contributed by atoms with Crippen LogP contribution in [-0.2, 0) is 46.5 Å². The minimum atomic E-state index is -1.40. The predicted molar refractivity (Wildman–Crippen MR) is 305 cm³/mol. The summed E-state index contributed by atoms with van der Waals surface area (Å²) in [4.78, 5) is 127. The van der Waals surface area contributed by atoms with Crippen LogP contribution in [0.2, 0.25) is 0 Å². The Hall–Kier alpha value is -8.00. The van der Waals surface area contributed by atoms with Crippen molar-refractivity contribution in [1.82, 2.24) is 51.7 Å². The van der Waals surface area contributed by atoms with E-state index < -0.39 is 77.9 Å². The molecule has 80 heavy (non-hydrogen) atoms. The van der Waals surface area contributed by atoms with Crippen LogP contribution in [0.3, 0.4) is 0 Å². The van der Waals surface area contributed by atoms with Gasteiger partial charge in [0.2, 0.25) is 41.4 Å². The number of carbonyl (C=O) groups excluding carboxylic acids is 7. The number of phenols is 1. The molecule has 436 valence electrons. The van der Waals surface area contributed by atoms with Crippen LogP contribution in [0, 0.1) is 17.2 Å². The number of nitrogens with two attached hydrogens (primary N) is 3. The highest BCUT2D eigenvalue weighted by molar-refractivity contribution is 6.01. The highest BCUT2D eigenvalue weighted by Gasteiger charge is 2.34. The number of rotatable bonds is 30. The number of likely N-dealkylation sites (N-methyl/N-ethyl adjacent to an activating group) is 1. The lowest BCUT2D eigenvalue weighted by Crippen LogP contribution is -2.59. The predicted octanol–water partition coefficient (Wildman–Crippen LogP) is -1.15. The molecule has 1 saturated heterocycles. The number of unbranched alkanes of at least 4 members (excludes halogenated alkanes) is 1. The van der Waals surface area contributed by atoms with Crippen LogP contribution in [0.1, 0.15) is 84.6 Å². The highest BCUT2D eigenvalue weighted by atomic mass is 16.3. The molecule has 5 rings (SSSR count). The van der Waals surface area contributed by atoms with Crippen LogP contribution in [-0.4, -0.2) is 168 Å². The van der Waals surface area contributed by atoms with E-state index in [1.54, 1.807) is 29.2 Å². The van der Waals surface area contributed by atoms with E-state index in [0.717, 1.165) is 4.57 Å². The fraction of sp³-hybridized carbons (Fsp3) is 0.556. The minimum Gasteiger partial charge on any atom is -0.508 e. The van der Waals surface area contributed by atoms with Gasteiger partial charge in [0.25, 0.3) is 5.56 Å². The topological polar surface area (TPSA) is 392 Å². The molecule has 0 radical (unpaired) electrons. The van der Waals surface area contributed by atoms with Gasteiger partial charge in [-0.05, 0) is 92.8 Å². The standard InChI is InChI=1S/C54H81N17O9/c1-6-33(4)46(56)51(78)65-40(10-7-8-18-55)53(80)70-24-22-69(23-25-70)35-14-17-38-37(28-35)52(79)71(31-63-38)30-45(73)64-39(11-9-19-62-54(57)58)48(75)68-43(29-44-60-20-21-61-44)50(77)67-42(27-34-12-15-36(72)16-13-34)49(76)66-41(26-32(2)3)47(74)59-5/h12-17,20,28,31-33,39-43,46,72H,6-11,18-19,21-27,29-30,55-56H2,1-5H3,(H,59,74)(H,64,73)(H,65,78)(H,66,76)(H,67,77)(H,68,75)(H4,57,58,62)/t33-,39-,40-,41+,42-,43-,46-/m0/s1. The number of aliphatic imine (C=N–C) groups is 2. The van der Waals surface area contributed by atoms with E-state index in [9.17, 15) is 43.5 Å². The van der Waals surface area contributed by atoms with Crippen LogP contribution >= 0.6 is 0 Å². The molecule has 1 fully saturated rings. The molecule has 3 heterocycles. The van der Waals surface area contributed by atoms with Crippen molar-refractivity contribution in [3.05, 3.63) is 64.7 Å². The molecule has 1 aromatic heterocycles. The molecule has 3 aromatic rings. The lowest BCUT2D eigenvalue weighted by Gasteiger charge is -2.38. The zero-order valence-electron chi connectivity index (χ0n) is 46.5. The smallest absolute Gasteiger partial charge is 0.261 e. The van der Waals surface area contributed by atoms with Gasteiger partial charge in [0.1, 0.15) is 48.3 Å². The van der Waals surface area contributed by atoms with Gasteiger partial charge < -0.3 is 69.3 Å². The third-order valence-electron chi connectivity index (χ3n) is 14.0. The summed E-state index contributed by atoms with van der Waals surface area (Å²) in [6.07, 6.45) is 5.45. The van der Waals surface area contributed by atoms with E-state index in [4.69, 9.17) is 22.6 Å². The Labute approximate surface area is 465 Å². The molecule has 26 nitrogen and oxygen atoms in total. The number of aromatic nitrogens is 2. The minimum absolute atomic E-state index is 0.0146. The lowest BCUT2D eigenvalue weighted by atomic mass is 9.98. The molecule has 7 atom stereocenters. The first-order valence-electron chi connectivity index (χ1n) is 27.3. The average molecular weight is 1110 g/mol. The number of anilines is 1. The number of amidine groups is 1. The van der Waals surface area contributed by atoms with Gasteiger partial charge in [0.15, 0.2) is 5.96 Å². The summed E-state index contributed by atoms with van der Waals surface area (Å²) in [5.74, 6) is -4.18. The van der Waals surface area contributed by atoms with Crippen molar-refractivity contribution < 1.29 is 38.7 Å². The number of amides is 7. The molecule has 0 spiro atoms. The van der Waals surface area contributed by atoms with E-state index in [2.05, 4.69) is 52.2 Å². The summed E-state index contributed by atoms with van der Waals surface area (Å²) in [5.41, 5.74) is 18.5. The van der Waals surface area contributed by atoms with Gasteiger partial charge in [-0.1, -0.05) is 46.2 Å². The fourth-order valence-corrected chi connectivity index (χ4v) is 9.20. The number of fused-ring (bicyclic) bond motifs is 1. The third kappa shape index (κ3) is 18.8. The molecule has 0 saturated carbocycles. The monoisotopic (exact) mass is 1110 g/mol. The number of piperazine rings is 1. The first-order valence-corrected chi connectivity index (χ1v) is 27.3. The maximum absolute atomic E-state index is 14.4. The van der Waals surface area contributed by atoms with Gasteiger partial charge in [-0.2, -0.15) is 0 Å². The lowest BCUT2D eigenvalue weighted by molar-refractivity contribution is -0.137. The SMILES string of the molecule is CC[C@H](C)[C@H](N)C(=O)N[C@@H](CCCCN)C(=O)N1CCN(c2ccc3ncn(CC(=O)N[C@@H](CCCNC(=N)N)C(=O)N[C@@H](CC4=NCC=N4)C(=O)N[C@@H](Cc4ccc(O)cc4)C(=O)N[C@H](CC(C)C)C(=O)NC)c(=O)c3c2)CC1. The summed E-state index contributed by atoms with van der Waals surface area (Å²) < 4.78 is 1.11.